The summed E-state index contributed by atoms with van der Waals surface area (Å²) in [5.41, 5.74) is 5.26. The second-order valence-electron chi connectivity index (χ2n) is 5.55. The summed E-state index contributed by atoms with van der Waals surface area (Å²) in [4.78, 5) is 25.4. The molecule has 20 heavy (non-hydrogen) atoms. The molecule has 0 aromatic rings. The average Bonchev–Trinajstić information content (AvgIpc) is 2.44. The lowest BCUT2D eigenvalue weighted by Gasteiger charge is -2.39. The van der Waals surface area contributed by atoms with Gasteiger partial charge in [-0.15, -0.1) is 0 Å². The van der Waals surface area contributed by atoms with Gasteiger partial charge in [0.1, 0.15) is 0 Å². The van der Waals surface area contributed by atoms with E-state index in [0.29, 0.717) is 38.8 Å². The Morgan fingerprint density at radius 2 is 2.00 bits per heavy atom. The SMILES string of the molecule is CCCC1(C(=O)O)CCN(C(=O)[C@H](N)CCSC)CC1. The fraction of sp³-hybridized carbons (Fsp3) is 0.857. The number of amides is 1. The van der Waals surface area contributed by atoms with Crippen molar-refractivity contribution in [2.45, 2.75) is 45.1 Å². The van der Waals surface area contributed by atoms with Crippen LogP contribution in [0.4, 0.5) is 0 Å². The van der Waals surface area contributed by atoms with E-state index in [1.807, 2.05) is 13.2 Å². The number of hydrogen-bond donors (Lipinski definition) is 2. The van der Waals surface area contributed by atoms with Gasteiger partial charge in [-0.3, -0.25) is 9.59 Å². The molecule has 0 unspecified atom stereocenters. The van der Waals surface area contributed by atoms with Gasteiger partial charge in [0, 0.05) is 13.1 Å². The highest BCUT2D eigenvalue weighted by atomic mass is 32.2. The van der Waals surface area contributed by atoms with Crippen LogP contribution in [0.5, 0.6) is 0 Å². The third-order valence-corrected chi connectivity index (χ3v) is 4.81. The number of rotatable bonds is 7. The van der Waals surface area contributed by atoms with E-state index in [1.165, 1.54) is 0 Å². The van der Waals surface area contributed by atoms with Crippen LogP contribution in [-0.4, -0.2) is 53.0 Å². The zero-order chi connectivity index (χ0) is 15.2. The highest BCUT2D eigenvalue weighted by Crippen LogP contribution is 2.36. The molecule has 0 aromatic carbocycles. The molecule has 0 saturated carbocycles. The molecule has 1 heterocycles. The largest absolute Gasteiger partial charge is 0.481 e. The van der Waals surface area contributed by atoms with Crippen molar-refractivity contribution in [3.8, 4) is 0 Å². The molecule has 5 nitrogen and oxygen atoms in total. The second-order valence-corrected chi connectivity index (χ2v) is 6.53. The highest BCUT2D eigenvalue weighted by Gasteiger charge is 2.41. The maximum Gasteiger partial charge on any atom is 0.309 e. The predicted molar refractivity (Wildman–Crippen MR) is 81.8 cm³/mol. The molecule has 0 aromatic heterocycles. The Labute approximate surface area is 125 Å². The molecule has 1 fully saturated rings. The molecule has 1 aliphatic heterocycles. The van der Waals surface area contributed by atoms with Crippen molar-refractivity contribution in [3.05, 3.63) is 0 Å². The Hall–Kier alpha value is -0.750. The first-order chi connectivity index (χ1) is 9.46. The smallest absolute Gasteiger partial charge is 0.309 e. The Morgan fingerprint density at radius 1 is 1.40 bits per heavy atom. The van der Waals surface area contributed by atoms with Crippen molar-refractivity contribution in [1.82, 2.24) is 4.90 Å². The van der Waals surface area contributed by atoms with Crippen LogP contribution in [0, 0.1) is 5.41 Å². The van der Waals surface area contributed by atoms with Crippen LogP contribution in [0.25, 0.3) is 0 Å². The standard InChI is InChI=1S/C14H26N2O3S/c1-3-5-14(13(18)19)6-8-16(9-7-14)12(17)11(15)4-10-20-2/h11H,3-10,15H2,1-2H3,(H,18,19)/t11-/m1/s1. The fourth-order valence-electron chi connectivity index (χ4n) is 2.81. The summed E-state index contributed by atoms with van der Waals surface area (Å²) in [6.07, 6.45) is 5.28. The first kappa shape index (κ1) is 17.3. The maximum absolute atomic E-state index is 12.2. The summed E-state index contributed by atoms with van der Waals surface area (Å²) in [7, 11) is 0. The lowest BCUT2D eigenvalue weighted by Crippen LogP contribution is -2.51. The van der Waals surface area contributed by atoms with E-state index < -0.39 is 17.4 Å². The van der Waals surface area contributed by atoms with Crippen LogP contribution in [0.15, 0.2) is 0 Å². The number of carbonyl (C=O) groups excluding carboxylic acids is 1. The molecular weight excluding hydrogens is 276 g/mol. The van der Waals surface area contributed by atoms with E-state index in [1.54, 1.807) is 16.7 Å². The summed E-state index contributed by atoms with van der Waals surface area (Å²) >= 11 is 1.68. The maximum atomic E-state index is 12.2. The normalized spacial score (nSPS) is 19.6. The van der Waals surface area contributed by atoms with Crippen molar-refractivity contribution in [2.24, 2.45) is 11.1 Å². The van der Waals surface area contributed by atoms with Crippen molar-refractivity contribution in [2.75, 3.05) is 25.1 Å². The lowest BCUT2D eigenvalue weighted by molar-refractivity contribution is -0.155. The molecule has 0 radical (unpaired) electrons. The van der Waals surface area contributed by atoms with Gasteiger partial charge in [-0.1, -0.05) is 13.3 Å². The average molecular weight is 302 g/mol. The van der Waals surface area contributed by atoms with E-state index in [2.05, 4.69) is 0 Å². The molecule has 1 saturated heterocycles. The van der Waals surface area contributed by atoms with Crippen LogP contribution in [0.1, 0.15) is 39.0 Å². The molecule has 0 spiro atoms. The molecule has 1 rings (SSSR count). The minimum absolute atomic E-state index is 0.0328. The van der Waals surface area contributed by atoms with Crippen LogP contribution in [0.3, 0.4) is 0 Å². The van der Waals surface area contributed by atoms with Gasteiger partial charge in [-0.25, -0.2) is 0 Å². The number of carbonyl (C=O) groups is 2. The van der Waals surface area contributed by atoms with Crippen molar-refractivity contribution in [1.29, 1.82) is 0 Å². The summed E-state index contributed by atoms with van der Waals surface area (Å²) in [6, 6.07) is -0.453. The minimum atomic E-state index is -0.724. The molecule has 3 N–H and O–H groups in total. The summed E-state index contributed by atoms with van der Waals surface area (Å²) in [5, 5.41) is 9.44. The number of likely N-dealkylation sites (tertiary alicyclic amines) is 1. The quantitative estimate of drug-likeness (QED) is 0.745. The number of thioether (sulfide) groups is 1. The number of piperidine rings is 1. The molecule has 1 atom stereocenters. The van der Waals surface area contributed by atoms with Gasteiger partial charge in [0.2, 0.25) is 5.91 Å². The highest BCUT2D eigenvalue weighted by molar-refractivity contribution is 7.98. The first-order valence-electron chi connectivity index (χ1n) is 7.23. The van der Waals surface area contributed by atoms with E-state index in [9.17, 15) is 14.7 Å². The van der Waals surface area contributed by atoms with E-state index in [4.69, 9.17) is 5.73 Å². The van der Waals surface area contributed by atoms with Gasteiger partial charge in [0.15, 0.2) is 0 Å². The van der Waals surface area contributed by atoms with Gasteiger partial charge in [-0.2, -0.15) is 11.8 Å². The fourth-order valence-corrected chi connectivity index (χ4v) is 3.30. The Bertz CT molecular complexity index is 341. The van der Waals surface area contributed by atoms with Crippen molar-refractivity contribution >= 4 is 23.6 Å². The molecule has 6 heteroatoms. The number of nitrogens with zero attached hydrogens (tertiary/aromatic N) is 1. The molecular formula is C14H26N2O3S. The molecule has 1 amide bonds. The summed E-state index contributed by atoms with van der Waals surface area (Å²) in [6.45, 7) is 3.02. The number of nitrogens with two attached hydrogens (primary N) is 1. The van der Waals surface area contributed by atoms with Crippen molar-refractivity contribution in [3.63, 3.8) is 0 Å². The van der Waals surface area contributed by atoms with Crippen LogP contribution in [0.2, 0.25) is 0 Å². The third-order valence-electron chi connectivity index (χ3n) is 4.16. The van der Waals surface area contributed by atoms with E-state index in [-0.39, 0.29) is 5.91 Å². The lowest BCUT2D eigenvalue weighted by atomic mass is 9.75. The molecule has 0 bridgehead atoms. The van der Waals surface area contributed by atoms with Gasteiger partial charge < -0.3 is 15.7 Å². The molecule has 0 aliphatic carbocycles. The zero-order valence-corrected chi connectivity index (χ0v) is 13.2. The second kappa shape index (κ2) is 7.88. The monoisotopic (exact) mass is 302 g/mol. The van der Waals surface area contributed by atoms with Crippen LogP contribution < -0.4 is 5.73 Å². The minimum Gasteiger partial charge on any atom is -0.481 e. The van der Waals surface area contributed by atoms with Crippen LogP contribution >= 0.6 is 11.8 Å². The summed E-state index contributed by atoms with van der Waals surface area (Å²) < 4.78 is 0. The van der Waals surface area contributed by atoms with Gasteiger partial charge >= 0.3 is 5.97 Å². The van der Waals surface area contributed by atoms with E-state index in [0.717, 1.165) is 12.2 Å². The third kappa shape index (κ3) is 4.12. The number of hydrogen-bond acceptors (Lipinski definition) is 4. The number of carboxylic acids is 1. The molecule has 1 aliphatic rings. The summed E-state index contributed by atoms with van der Waals surface area (Å²) in [5.74, 6) is 0.114. The number of aliphatic carboxylic acids is 1. The van der Waals surface area contributed by atoms with Gasteiger partial charge in [0.05, 0.1) is 11.5 Å². The van der Waals surface area contributed by atoms with Crippen molar-refractivity contribution < 1.29 is 14.7 Å². The number of carboxylic acid groups (broad SMARTS) is 1. The van der Waals surface area contributed by atoms with Gasteiger partial charge in [0.25, 0.3) is 0 Å². The first-order valence-corrected chi connectivity index (χ1v) is 8.63. The van der Waals surface area contributed by atoms with E-state index >= 15 is 0 Å². The Kier molecular flexibility index (Phi) is 6.82. The Balaban J connectivity index is 2.56. The van der Waals surface area contributed by atoms with Gasteiger partial charge in [-0.05, 0) is 37.7 Å². The molecule has 116 valence electrons. The Morgan fingerprint density at radius 3 is 2.45 bits per heavy atom. The predicted octanol–water partition coefficient (Wildman–Crippen LogP) is 1.56. The topological polar surface area (TPSA) is 83.6 Å². The zero-order valence-electron chi connectivity index (χ0n) is 12.4. The van der Waals surface area contributed by atoms with Crippen LogP contribution in [-0.2, 0) is 9.59 Å².